The molecule has 0 unspecified atom stereocenters. The minimum absolute atomic E-state index is 0.0406. The normalized spacial score (nSPS) is 11.6. The minimum atomic E-state index is -0.755. The summed E-state index contributed by atoms with van der Waals surface area (Å²) in [4.78, 5) is 31.0. The predicted molar refractivity (Wildman–Crippen MR) is 72.4 cm³/mol. The number of aryl methyl sites for hydroxylation is 1. The van der Waals surface area contributed by atoms with Crippen LogP contribution in [0.4, 0.5) is 5.69 Å². The van der Waals surface area contributed by atoms with Gasteiger partial charge < -0.3 is 5.11 Å². The van der Waals surface area contributed by atoms with Gasteiger partial charge in [-0.1, -0.05) is 12.1 Å². The van der Waals surface area contributed by atoms with Crippen LogP contribution in [-0.2, 0) is 0 Å². The quantitative estimate of drug-likeness (QED) is 0.707. The molecule has 3 N–H and O–H groups in total. The first-order valence-corrected chi connectivity index (χ1v) is 5.65. The maximum atomic E-state index is 11.6. The van der Waals surface area contributed by atoms with Gasteiger partial charge in [-0.3, -0.25) is 19.8 Å². The van der Waals surface area contributed by atoms with Gasteiger partial charge >= 0.3 is 5.69 Å². The fourth-order valence-corrected chi connectivity index (χ4v) is 1.76. The molecule has 6 heteroatoms. The molecule has 0 amide bonds. The van der Waals surface area contributed by atoms with Crippen LogP contribution in [-0.4, -0.2) is 20.8 Å². The summed E-state index contributed by atoms with van der Waals surface area (Å²) in [6.07, 6.45) is 0. The minimum Gasteiger partial charge on any atom is -0.494 e. The molecule has 0 saturated heterocycles. The zero-order valence-corrected chi connectivity index (χ0v) is 10.5. The first-order valence-electron chi connectivity index (χ1n) is 5.65. The standard InChI is InChI=1S/C13H13N3O3/c1-7-4-3-5-9(6-7)14-8(2)10-11(17)15-13(19)16-12(10)18/h3-6H,1-2H3,(H3,15,16,17,18,19). The van der Waals surface area contributed by atoms with Gasteiger partial charge in [-0.15, -0.1) is 0 Å². The molecule has 0 saturated carbocycles. The molecule has 0 bridgehead atoms. The van der Waals surface area contributed by atoms with Crippen molar-refractivity contribution in [1.29, 1.82) is 0 Å². The van der Waals surface area contributed by atoms with E-state index < -0.39 is 17.1 Å². The summed E-state index contributed by atoms with van der Waals surface area (Å²) in [5.41, 5.74) is 0.558. The second-order valence-electron chi connectivity index (χ2n) is 4.17. The van der Waals surface area contributed by atoms with Gasteiger partial charge in [0.2, 0.25) is 5.88 Å². The summed E-state index contributed by atoms with van der Waals surface area (Å²) < 4.78 is 0. The highest BCUT2D eigenvalue weighted by Gasteiger charge is 2.11. The number of aromatic hydroxyl groups is 1. The fourth-order valence-electron chi connectivity index (χ4n) is 1.76. The van der Waals surface area contributed by atoms with Crippen molar-refractivity contribution in [1.82, 2.24) is 9.97 Å². The van der Waals surface area contributed by atoms with Crippen LogP contribution in [0.3, 0.4) is 0 Å². The van der Waals surface area contributed by atoms with E-state index in [4.69, 9.17) is 0 Å². The number of nitrogens with one attached hydrogen (secondary N) is 2. The number of aromatic amines is 2. The molecule has 1 aromatic carbocycles. The highest BCUT2D eigenvalue weighted by molar-refractivity contribution is 6.01. The topological polar surface area (TPSA) is 98.3 Å². The number of hydrogen-bond acceptors (Lipinski definition) is 4. The molecule has 0 aliphatic carbocycles. The van der Waals surface area contributed by atoms with Crippen LogP contribution >= 0.6 is 0 Å². The van der Waals surface area contributed by atoms with Crippen molar-refractivity contribution < 1.29 is 5.11 Å². The SMILES string of the molecule is CC(=Nc1cccc(C)c1)c1c(O)[nH]c(=O)[nH]c1=O. The third kappa shape index (κ3) is 2.79. The molecule has 2 rings (SSSR count). The Morgan fingerprint density at radius 3 is 2.63 bits per heavy atom. The highest BCUT2D eigenvalue weighted by Crippen LogP contribution is 2.16. The van der Waals surface area contributed by atoms with E-state index in [0.717, 1.165) is 5.56 Å². The van der Waals surface area contributed by atoms with Crippen molar-refractivity contribution in [2.75, 3.05) is 0 Å². The van der Waals surface area contributed by atoms with Crippen molar-refractivity contribution >= 4 is 11.4 Å². The first kappa shape index (κ1) is 12.8. The Hall–Kier alpha value is -2.63. The van der Waals surface area contributed by atoms with Crippen LogP contribution in [0, 0.1) is 6.92 Å². The van der Waals surface area contributed by atoms with E-state index in [9.17, 15) is 14.7 Å². The Labute approximate surface area is 108 Å². The molecule has 0 aliphatic heterocycles. The molecule has 6 nitrogen and oxygen atoms in total. The second-order valence-corrected chi connectivity index (χ2v) is 4.17. The molecular weight excluding hydrogens is 246 g/mol. The number of H-pyrrole nitrogens is 2. The van der Waals surface area contributed by atoms with Gasteiger partial charge in [0.1, 0.15) is 5.56 Å². The lowest BCUT2D eigenvalue weighted by Gasteiger charge is -2.03. The molecule has 2 aromatic rings. The Morgan fingerprint density at radius 2 is 2.00 bits per heavy atom. The highest BCUT2D eigenvalue weighted by atomic mass is 16.3. The third-order valence-corrected chi connectivity index (χ3v) is 2.58. The van der Waals surface area contributed by atoms with E-state index in [0.29, 0.717) is 11.4 Å². The molecule has 0 radical (unpaired) electrons. The summed E-state index contributed by atoms with van der Waals surface area (Å²) in [7, 11) is 0. The Bertz CT molecular complexity index is 756. The molecule has 1 aromatic heterocycles. The summed E-state index contributed by atoms with van der Waals surface area (Å²) >= 11 is 0. The van der Waals surface area contributed by atoms with Crippen LogP contribution in [0.2, 0.25) is 0 Å². The zero-order valence-electron chi connectivity index (χ0n) is 10.5. The second kappa shape index (κ2) is 4.93. The van der Waals surface area contributed by atoms with Crippen LogP contribution < -0.4 is 11.2 Å². The molecular formula is C13H13N3O3. The maximum absolute atomic E-state index is 11.6. The molecule has 0 fully saturated rings. The number of aromatic nitrogens is 2. The number of nitrogens with zero attached hydrogens (tertiary/aromatic N) is 1. The summed E-state index contributed by atoms with van der Waals surface area (Å²) in [6, 6.07) is 7.41. The Balaban J connectivity index is 2.54. The molecule has 0 spiro atoms. The van der Waals surface area contributed by atoms with Gasteiger partial charge in [0.05, 0.1) is 11.4 Å². The van der Waals surface area contributed by atoms with Crippen LogP contribution in [0.1, 0.15) is 18.1 Å². The van der Waals surface area contributed by atoms with Crippen LogP contribution in [0.25, 0.3) is 0 Å². The Kier molecular flexibility index (Phi) is 3.33. The van der Waals surface area contributed by atoms with E-state index >= 15 is 0 Å². The molecule has 98 valence electrons. The van der Waals surface area contributed by atoms with Crippen molar-refractivity contribution in [2.45, 2.75) is 13.8 Å². The van der Waals surface area contributed by atoms with Crippen molar-refractivity contribution in [3.63, 3.8) is 0 Å². The largest absolute Gasteiger partial charge is 0.494 e. The number of benzene rings is 1. The number of aliphatic imine (C=N–C) groups is 1. The van der Waals surface area contributed by atoms with E-state index in [1.165, 1.54) is 0 Å². The summed E-state index contributed by atoms with van der Waals surface area (Å²) in [5.74, 6) is -0.484. The molecule has 1 heterocycles. The first-order chi connectivity index (χ1) is 8.97. The lowest BCUT2D eigenvalue weighted by Crippen LogP contribution is -2.27. The van der Waals surface area contributed by atoms with E-state index in [1.54, 1.807) is 13.0 Å². The van der Waals surface area contributed by atoms with E-state index in [1.807, 2.05) is 25.1 Å². The molecule has 19 heavy (non-hydrogen) atoms. The summed E-state index contributed by atoms with van der Waals surface area (Å²) in [5, 5.41) is 9.62. The smallest absolute Gasteiger partial charge is 0.328 e. The average Bonchev–Trinajstić information content (AvgIpc) is 2.27. The van der Waals surface area contributed by atoms with Gasteiger partial charge in [0, 0.05) is 0 Å². The monoisotopic (exact) mass is 259 g/mol. The zero-order chi connectivity index (χ0) is 14.0. The van der Waals surface area contributed by atoms with Gasteiger partial charge in [-0.2, -0.15) is 0 Å². The van der Waals surface area contributed by atoms with Crippen molar-refractivity contribution in [3.05, 3.63) is 56.2 Å². The Morgan fingerprint density at radius 1 is 1.26 bits per heavy atom. The van der Waals surface area contributed by atoms with Crippen LogP contribution in [0.15, 0.2) is 38.8 Å². The predicted octanol–water partition coefficient (Wildman–Crippen LogP) is 1.22. The number of hydrogen-bond donors (Lipinski definition) is 3. The molecule has 0 atom stereocenters. The van der Waals surface area contributed by atoms with Crippen LogP contribution in [0.5, 0.6) is 5.88 Å². The van der Waals surface area contributed by atoms with Gasteiger partial charge in [-0.25, -0.2) is 4.79 Å². The average molecular weight is 259 g/mol. The van der Waals surface area contributed by atoms with Gasteiger partial charge in [-0.05, 0) is 31.5 Å². The molecule has 0 aliphatic rings. The van der Waals surface area contributed by atoms with E-state index in [2.05, 4.69) is 15.0 Å². The third-order valence-electron chi connectivity index (χ3n) is 2.58. The summed E-state index contributed by atoms with van der Waals surface area (Å²) in [6.45, 7) is 3.52. The maximum Gasteiger partial charge on any atom is 0.328 e. The van der Waals surface area contributed by atoms with Gasteiger partial charge in [0.25, 0.3) is 5.56 Å². The number of rotatable bonds is 2. The lowest BCUT2D eigenvalue weighted by molar-refractivity contribution is 0.447. The van der Waals surface area contributed by atoms with Crippen molar-refractivity contribution in [3.8, 4) is 5.88 Å². The van der Waals surface area contributed by atoms with E-state index in [-0.39, 0.29) is 5.56 Å². The lowest BCUT2D eigenvalue weighted by atomic mass is 10.2. The fraction of sp³-hybridized carbons (Fsp3) is 0.154. The van der Waals surface area contributed by atoms with Gasteiger partial charge in [0.15, 0.2) is 0 Å². The van der Waals surface area contributed by atoms with Crippen molar-refractivity contribution in [2.24, 2.45) is 4.99 Å².